The molecule has 0 atom stereocenters. The van der Waals surface area contributed by atoms with E-state index in [2.05, 4.69) is 4.98 Å². The van der Waals surface area contributed by atoms with Gasteiger partial charge in [-0.2, -0.15) is 26.3 Å². The zero-order valence-corrected chi connectivity index (χ0v) is 13.2. The summed E-state index contributed by atoms with van der Waals surface area (Å²) in [6.07, 6.45) is -9.19. The van der Waals surface area contributed by atoms with E-state index in [-0.39, 0.29) is 22.2 Å². The molecule has 1 heterocycles. The standard InChI is InChI=1S/C18H9F6NO2/c19-17(20,21)10-3-1-9(2-4-10)15-8-13(16(26)27)12-7-11(18(22,23)24)5-6-14(12)25-15/h1-8H,(H,26,27). The molecule has 140 valence electrons. The van der Waals surface area contributed by atoms with E-state index in [9.17, 15) is 36.2 Å². The highest BCUT2D eigenvalue weighted by molar-refractivity contribution is 6.04. The fourth-order valence-electron chi connectivity index (χ4n) is 2.56. The van der Waals surface area contributed by atoms with Crippen LogP contribution in [0.3, 0.4) is 0 Å². The van der Waals surface area contributed by atoms with Crippen molar-refractivity contribution in [1.82, 2.24) is 4.98 Å². The van der Waals surface area contributed by atoms with Crippen molar-refractivity contribution < 1.29 is 36.2 Å². The fourth-order valence-corrected chi connectivity index (χ4v) is 2.56. The number of fused-ring (bicyclic) bond motifs is 1. The van der Waals surface area contributed by atoms with Gasteiger partial charge in [0.25, 0.3) is 0 Å². The number of aromatic nitrogens is 1. The first-order chi connectivity index (χ1) is 12.5. The predicted molar refractivity (Wildman–Crippen MR) is 84.1 cm³/mol. The molecule has 0 saturated carbocycles. The molecular formula is C18H9F6NO2. The van der Waals surface area contributed by atoms with Gasteiger partial charge < -0.3 is 5.11 Å². The first-order valence-electron chi connectivity index (χ1n) is 7.40. The van der Waals surface area contributed by atoms with Gasteiger partial charge in [-0.25, -0.2) is 9.78 Å². The Morgan fingerprint density at radius 3 is 1.89 bits per heavy atom. The molecule has 3 aromatic rings. The van der Waals surface area contributed by atoms with Gasteiger partial charge in [-0.3, -0.25) is 0 Å². The third-order valence-electron chi connectivity index (χ3n) is 3.87. The van der Waals surface area contributed by atoms with Crippen LogP contribution in [0.5, 0.6) is 0 Å². The first-order valence-corrected chi connectivity index (χ1v) is 7.40. The number of halogens is 6. The number of alkyl halides is 6. The van der Waals surface area contributed by atoms with Crippen LogP contribution >= 0.6 is 0 Å². The van der Waals surface area contributed by atoms with E-state index >= 15 is 0 Å². The number of rotatable bonds is 2. The Labute approximate surface area is 147 Å². The molecule has 0 aliphatic heterocycles. The molecule has 0 unspecified atom stereocenters. The van der Waals surface area contributed by atoms with Gasteiger partial charge in [0.2, 0.25) is 0 Å². The zero-order valence-electron chi connectivity index (χ0n) is 13.2. The number of hydrogen-bond donors (Lipinski definition) is 1. The SMILES string of the molecule is O=C(O)c1cc(-c2ccc(C(F)(F)F)cc2)nc2ccc(C(F)(F)F)cc12. The van der Waals surface area contributed by atoms with Crippen LogP contribution in [0, 0.1) is 0 Å². The number of benzene rings is 2. The largest absolute Gasteiger partial charge is 0.478 e. The zero-order chi connectivity index (χ0) is 20.0. The molecule has 0 saturated heterocycles. The van der Waals surface area contributed by atoms with Crippen LogP contribution in [0.15, 0.2) is 48.5 Å². The van der Waals surface area contributed by atoms with E-state index in [1.54, 1.807) is 0 Å². The Balaban J connectivity index is 2.17. The minimum atomic E-state index is -4.66. The van der Waals surface area contributed by atoms with Crippen molar-refractivity contribution in [1.29, 1.82) is 0 Å². The summed E-state index contributed by atoms with van der Waals surface area (Å²) >= 11 is 0. The van der Waals surface area contributed by atoms with Crippen LogP contribution < -0.4 is 0 Å². The van der Waals surface area contributed by atoms with Gasteiger partial charge in [-0.05, 0) is 36.4 Å². The molecule has 0 fully saturated rings. The van der Waals surface area contributed by atoms with Crippen LogP contribution in [0.4, 0.5) is 26.3 Å². The molecule has 0 aliphatic carbocycles. The molecule has 1 N–H and O–H groups in total. The maximum absolute atomic E-state index is 12.9. The average Bonchev–Trinajstić information content (AvgIpc) is 2.58. The van der Waals surface area contributed by atoms with E-state index in [0.29, 0.717) is 6.07 Å². The van der Waals surface area contributed by atoms with Gasteiger partial charge in [0.1, 0.15) is 0 Å². The number of aromatic carboxylic acids is 1. The highest BCUT2D eigenvalue weighted by atomic mass is 19.4. The average molecular weight is 385 g/mol. The maximum atomic E-state index is 12.9. The van der Waals surface area contributed by atoms with Crippen molar-refractivity contribution in [2.24, 2.45) is 0 Å². The van der Waals surface area contributed by atoms with Gasteiger partial charge in [-0.15, -0.1) is 0 Å². The number of nitrogens with zero attached hydrogens (tertiary/aromatic N) is 1. The van der Waals surface area contributed by atoms with Gasteiger partial charge in [-0.1, -0.05) is 12.1 Å². The summed E-state index contributed by atoms with van der Waals surface area (Å²) in [5.74, 6) is -1.48. The monoisotopic (exact) mass is 385 g/mol. The van der Waals surface area contributed by atoms with Crippen LogP contribution in [-0.4, -0.2) is 16.1 Å². The minimum Gasteiger partial charge on any atom is -0.478 e. The number of carboxylic acids is 1. The Morgan fingerprint density at radius 1 is 0.815 bits per heavy atom. The summed E-state index contributed by atoms with van der Waals surface area (Å²) in [6.45, 7) is 0. The number of pyridine rings is 1. The van der Waals surface area contributed by atoms with Gasteiger partial charge in [0.15, 0.2) is 0 Å². The van der Waals surface area contributed by atoms with Gasteiger partial charge >= 0.3 is 18.3 Å². The Morgan fingerprint density at radius 2 is 1.37 bits per heavy atom. The van der Waals surface area contributed by atoms with Crippen LogP contribution in [0.2, 0.25) is 0 Å². The highest BCUT2D eigenvalue weighted by Crippen LogP contribution is 2.34. The van der Waals surface area contributed by atoms with Crippen molar-refractivity contribution in [3.05, 3.63) is 65.2 Å². The fraction of sp³-hybridized carbons (Fsp3) is 0.111. The lowest BCUT2D eigenvalue weighted by Gasteiger charge is -2.11. The van der Waals surface area contributed by atoms with Crippen molar-refractivity contribution in [2.45, 2.75) is 12.4 Å². The lowest BCUT2D eigenvalue weighted by molar-refractivity contribution is -0.138. The van der Waals surface area contributed by atoms with E-state index in [0.717, 1.165) is 42.5 Å². The second-order valence-electron chi connectivity index (χ2n) is 5.67. The molecule has 3 rings (SSSR count). The smallest absolute Gasteiger partial charge is 0.416 e. The van der Waals surface area contributed by atoms with Crippen molar-refractivity contribution in [3.8, 4) is 11.3 Å². The third-order valence-corrected chi connectivity index (χ3v) is 3.87. The highest BCUT2D eigenvalue weighted by Gasteiger charge is 2.31. The van der Waals surface area contributed by atoms with Gasteiger partial charge in [0, 0.05) is 10.9 Å². The third kappa shape index (κ3) is 3.71. The lowest BCUT2D eigenvalue weighted by Crippen LogP contribution is -2.07. The quantitative estimate of drug-likeness (QED) is 0.581. The van der Waals surface area contributed by atoms with E-state index < -0.39 is 35.0 Å². The van der Waals surface area contributed by atoms with E-state index in [1.807, 2.05) is 0 Å². The second kappa shape index (κ2) is 6.26. The minimum absolute atomic E-state index is 0.0159. The summed E-state index contributed by atoms with van der Waals surface area (Å²) < 4.78 is 76.5. The van der Waals surface area contributed by atoms with Crippen LogP contribution in [-0.2, 0) is 12.4 Å². The normalized spacial score (nSPS) is 12.4. The number of carboxylic acid groups (broad SMARTS) is 1. The molecule has 0 bridgehead atoms. The molecule has 0 aliphatic rings. The lowest BCUT2D eigenvalue weighted by atomic mass is 10.0. The molecule has 0 spiro atoms. The molecule has 9 heteroatoms. The number of hydrogen-bond acceptors (Lipinski definition) is 2. The maximum Gasteiger partial charge on any atom is 0.416 e. The molecule has 0 amide bonds. The predicted octanol–water partition coefficient (Wildman–Crippen LogP) is 5.64. The molecule has 1 aromatic heterocycles. The van der Waals surface area contributed by atoms with Crippen molar-refractivity contribution >= 4 is 16.9 Å². The number of carbonyl (C=O) groups is 1. The molecule has 0 radical (unpaired) electrons. The Bertz CT molecular complexity index is 1020. The topological polar surface area (TPSA) is 50.2 Å². The Hall–Kier alpha value is -3.10. The summed E-state index contributed by atoms with van der Waals surface area (Å²) in [5.41, 5.74) is -2.12. The molecule has 27 heavy (non-hydrogen) atoms. The van der Waals surface area contributed by atoms with Crippen LogP contribution in [0.25, 0.3) is 22.2 Å². The van der Waals surface area contributed by atoms with E-state index in [1.165, 1.54) is 0 Å². The molecule has 2 aromatic carbocycles. The van der Waals surface area contributed by atoms with Gasteiger partial charge in [0.05, 0.1) is 27.9 Å². The van der Waals surface area contributed by atoms with E-state index in [4.69, 9.17) is 0 Å². The summed E-state index contributed by atoms with van der Waals surface area (Å²) in [5, 5.41) is 9.13. The van der Waals surface area contributed by atoms with Crippen molar-refractivity contribution in [3.63, 3.8) is 0 Å². The van der Waals surface area contributed by atoms with Crippen LogP contribution in [0.1, 0.15) is 21.5 Å². The Kier molecular flexibility index (Phi) is 4.33. The molecular weight excluding hydrogens is 376 g/mol. The second-order valence-corrected chi connectivity index (χ2v) is 5.67. The first kappa shape index (κ1) is 18.7. The summed E-state index contributed by atoms with van der Waals surface area (Å²) in [4.78, 5) is 15.6. The summed E-state index contributed by atoms with van der Waals surface area (Å²) in [6, 6.07) is 7.37. The molecule has 3 nitrogen and oxygen atoms in total. The summed E-state index contributed by atoms with van der Waals surface area (Å²) in [7, 11) is 0. The van der Waals surface area contributed by atoms with Crippen molar-refractivity contribution in [2.75, 3.05) is 0 Å².